The van der Waals surface area contributed by atoms with Gasteiger partial charge < -0.3 is 0 Å². The molecule has 2 heterocycles. The van der Waals surface area contributed by atoms with Crippen LogP contribution in [0, 0.1) is 6.92 Å². The van der Waals surface area contributed by atoms with E-state index in [-0.39, 0.29) is 5.91 Å². The molecule has 0 saturated heterocycles. The molecule has 0 atom stereocenters. The SMILES string of the molecule is Cc1cnn(Cc2ncccc2C(=O)NN)c1. The molecule has 0 bridgehead atoms. The zero-order valence-corrected chi connectivity index (χ0v) is 9.42. The molecule has 0 spiro atoms. The van der Waals surface area contributed by atoms with Crippen molar-refractivity contribution in [2.75, 3.05) is 0 Å². The predicted molar refractivity (Wildman–Crippen MR) is 62.0 cm³/mol. The van der Waals surface area contributed by atoms with Crippen molar-refractivity contribution in [1.82, 2.24) is 20.2 Å². The Hall–Kier alpha value is -2.21. The van der Waals surface area contributed by atoms with Gasteiger partial charge in [-0.25, -0.2) is 5.84 Å². The van der Waals surface area contributed by atoms with Crippen LogP contribution < -0.4 is 11.3 Å². The molecule has 2 aromatic heterocycles. The molecule has 0 unspecified atom stereocenters. The van der Waals surface area contributed by atoms with Gasteiger partial charge in [0.1, 0.15) is 0 Å². The summed E-state index contributed by atoms with van der Waals surface area (Å²) in [6, 6.07) is 3.38. The Morgan fingerprint density at radius 3 is 3.06 bits per heavy atom. The molecule has 0 aliphatic heterocycles. The van der Waals surface area contributed by atoms with E-state index in [1.807, 2.05) is 13.1 Å². The molecule has 0 aromatic carbocycles. The third kappa shape index (κ3) is 2.48. The van der Waals surface area contributed by atoms with Crippen LogP contribution in [0.4, 0.5) is 0 Å². The van der Waals surface area contributed by atoms with Gasteiger partial charge in [0.25, 0.3) is 5.91 Å². The first kappa shape index (κ1) is 11.3. The fourth-order valence-corrected chi connectivity index (χ4v) is 1.56. The van der Waals surface area contributed by atoms with Crippen LogP contribution >= 0.6 is 0 Å². The summed E-state index contributed by atoms with van der Waals surface area (Å²) in [6.45, 7) is 2.40. The van der Waals surface area contributed by atoms with Crippen LogP contribution in [0.3, 0.4) is 0 Å². The van der Waals surface area contributed by atoms with Crippen LogP contribution in [0.2, 0.25) is 0 Å². The number of hydrogen-bond donors (Lipinski definition) is 2. The van der Waals surface area contributed by atoms with E-state index in [1.165, 1.54) is 0 Å². The number of carbonyl (C=O) groups excluding carboxylic acids is 1. The van der Waals surface area contributed by atoms with Crippen molar-refractivity contribution < 1.29 is 4.79 Å². The fraction of sp³-hybridized carbons (Fsp3) is 0.182. The molecule has 17 heavy (non-hydrogen) atoms. The van der Waals surface area contributed by atoms with E-state index >= 15 is 0 Å². The van der Waals surface area contributed by atoms with Crippen LogP contribution in [-0.2, 0) is 6.54 Å². The lowest BCUT2D eigenvalue weighted by molar-refractivity contribution is 0.0952. The molecular formula is C11H13N5O. The standard InChI is InChI=1S/C11H13N5O/c1-8-5-14-16(6-8)7-10-9(11(17)15-12)3-2-4-13-10/h2-6H,7,12H2,1H3,(H,15,17). The van der Waals surface area contributed by atoms with E-state index in [0.29, 0.717) is 17.8 Å². The molecule has 6 heteroatoms. The zero-order chi connectivity index (χ0) is 12.3. The van der Waals surface area contributed by atoms with Gasteiger partial charge in [-0.15, -0.1) is 0 Å². The van der Waals surface area contributed by atoms with E-state index in [0.717, 1.165) is 5.56 Å². The average Bonchev–Trinajstić information content (AvgIpc) is 2.74. The third-order valence-corrected chi connectivity index (χ3v) is 2.34. The number of aromatic nitrogens is 3. The molecule has 0 radical (unpaired) electrons. The first-order valence-corrected chi connectivity index (χ1v) is 5.14. The van der Waals surface area contributed by atoms with Gasteiger partial charge in [-0.2, -0.15) is 5.10 Å². The molecule has 6 nitrogen and oxygen atoms in total. The van der Waals surface area contributed by atoms with Crippen LogP contribution in [0.15, 0.2) is 30.7 Å². The van der Waals surface area contributed by atoms with Gasteiger partial charge in [0.05, 0.1) is 24.0 Å². The summed E-state index contributed by atoms with van der Waals surface area (Å²) in [6.07, 6.45) is 5.28. The summed E-state index contributed by atoms with van der Waals surface area (Å²) >= 11 is 0. The van der Waals surface area contributed by atoms with Gasteiger partial charge in [0.2, 0.25) is 0 Å². The minimum Gasteiger partial charge on any atom is -0.290 e. The van der Waals surface area contributed by atoms with Gasteiger partial charge >= 0.3 is 0 Å². The number of nitrogen functional groups attached to an aromatic ring is 1. The number of amides is 1. The van der Waals surface area contributed by atoms with Gasteiger partial charge in [0, 0.05) is 12.4 Å². The molecule has 0 saturated carbocycles. The van der Waals surface area contributed by atoms with Crippen molar-refractivity contribution in [2.45, 2.75) is 13.5 Å². The monoisotopic (exact) mass is 231 g/mol. The molecule has 88 valence electrons. The quantitative estimate of drug-likeness (QED) is 0.450. The number of nitrogens with two attached hydrogens (primary N) is 1. The molecular weight excluding hydrogens is 218 g/mol. The van der Waals surface area contributed by atoms with E-state index in [9.17, 15) is 4.79 Å². The number of hydrogen-bond acceptors (Lipinski definition) is 4. The Labute approximate surface area is 98.4 Å². The summed E-state index contributed by atoms with van der Waals surface area (Å²) < 4.78 is 1.73. The summed E-state index contributed by atoms with van der Waals surface area (Å²) in [5.74, 6) is 4.77. The summed E-state index contributed by atoms with van der Waals surface area (Å²) in [5.41, 5.74) is 4.26. The topological polar surface area (TPSA) is 85.8 Å². The largest absolute Gasteiger partial charge is 0.290 e. The smallest absolute Gasteiger partial charge is 0.267 e. The maximum atomic E-state index is 11.5. The number of nitrogens with one attached hydrogen (secondary N) is 1. The van der Waals surface area contributed by atoms with Crippen molar-refractivity contribution in [3.63, 3.8) is 0 Å². The number of nitrogens with zero attached hydrogens (tertiary/aromatic N) is 3. The Bertz CT molecular complexity index is 534. The fourth-order valence-electron chi connectivity index (χ4n) is 1.56. The molecule has 0 aliphatic carbocycles. The molecule has 1 amide bonds. The summed E-state index contributed by atoms with van der Waals surface area (Å²) in [7, 11) is 0. The normalized spacial score (nSPS) is 10.2. The van der Waals surface area contributed by atoms with Gasteiger partial charge in [-0.3, -0.25) is 19.9 Å². The van der Waals surface area contributed by atoms with Crippen molar-refractivity contribution in [3.05, 3.63) is 47.5 Å². The lowest BCUT2D eigenvalue weighted by Gasteiger charge is -2.06. The van der Waals surface area contributed by atoms with E-state index in [2.05, 4.69) is 15.5 Å². The lowest BCUT2D eigenvalue weighted by atomic mass is 10.2. The molecule has 0 fully saturated rings. The van der Waals surface area contributed by atoms with E-state index in [4.69, 9.17) is 5.84 Å². The van der Waals surface area contributed by atoms with E-state index in [1.54, 1.807) is 29.2 Å². The minimum absolute atomic E-state index is 0.350. The number of hydrazine groups is 1. The number of carbonyl (C=O) groups is 1. The highest BCUT2D eigenvalue weighted by Gasteiger charge is 2.11. The van der Waals surface area contributed by atoms with E-state index < -0.39 is 0 Å². The molecule has 2 rings (SSSR count). The van der Waals surface area contributed by atoms with Crippen LogP contribution in [0.25, 0.3) is 0 Å². The first-order valence-electron chi connectivity index (χ1n) is 5.14. The Kier molecular flexibility index (Phi) is 3.15. The Balaban J connectivity index is 2.29. The van der Waals surface area contributed by atoms with Crippen molar-refractivity contribution in [2.24, 2.45) is 5.84 Å². The summed E-state index contributed by atoms with van der Waals surface area (Å²) in [5, 5.41) is 4.15. The Morgan fingerprint density at radius 2 is 2.41 bits per heavy atom. The van der Waals surface area contributed by atoms with Gasteiger partial charge in [0.15, 0.2) is 0 Å². The maximum absolute atomic E-state index is 11.5. The third-order valence-electron chi connectivity index (χ3n) is 2.34. The summed E-state index contributed by atoms with van der Waals surface area (Å²) in [4.78, 5) is 15.7. The highest BCUT2D eigenvalue weighted by atomic mass is 16.2. The Morgan fingerprint density at radius 1 is 1.59 bits per heavy atom. The van der Waals surface area contributed by atoms with Crippen LogP contribution in [0.1, 0.15) is 21.6 Å². The van der Waals surface area contributed by atoms with Crippen molar-refractivity contribution in [1.29, 1.82) is 0 Å². The highest BCUT2D eigenvalue weighted by Crippen LogP contribution is 2.07. The van der Waals surface area contributed by atoms with Crippen molar-refractivity contribution >= 4 is 5.91 Å². The first-order chi connectivity index (χ1) is 8.20. The van der Waals surface area contributed by atoms with Gasteiger partial charge in [-0.1, -0.05) is 0 Å². The van der Waals surface area contributed by atoms with Gasteiger partial charge in [-0.05, 0) is 24.6 Å². The number of pyridine rings is 1. The zero-order valence-electron chi connectivity index (χ0n) is 9.42. The highest BCUT2D eigenvalue weighted by molar-refractivity contribution is 5.94. The minimum atomic E-state index is -0.350. The average molecular weight is 231 g/mol. The molecule has 0 aliphatic rings. The molecule has 2 aromatic rings. The lowest BCUT2D eigenvalue weighted by Crippen LogP contribution is -2.31. The maximum Gasteiger partial charge on any atom is 0.267 e. The molecule has 3 N–H and O–H groups in total. The second-order valence-corrected chi connectivity index (χ2v) is 3.69. The predicted octanol–water partition coefficient (Wildman–Crippen LogP) is 0.238. The van der Waals surface area contributed by atoms with Crippen molar-refractivity contribution in [3.8, 4) is 0 Å². The number of rotatable bonds is 3. The second-order valence-electron chi connectivity index (χ2n) is 3.69. The number of aryl methyl sites for hydroxylation is 1. The van der Waals surface area contributed by atoms with Crippen LogP contribution in [-0.4, -0.2) is 20.7 Å². The second kappa shape index (κ2) is 4.75. The van der Waals surface area contributed by atoms with Crippen LogP contribution in [0.5, 0.6) is 0 Å².